The van der Waals surface area contributed by atoms with E-state index in [2.05, 4.69) is 42.6 Å². The van der Waals surface area contributed by atoms with Crippen molar-refractivity contribution in [1.82, 2.24) is 30.1 Å². The number of pyridine rings is 2. The number of H-pyrrole nitrogens is 2. The SMILES string of the molecule is CC(C)(C)C(=O)Nc1cncc(C2C=c3c(-c4nc5c(-c6ccoc6)cncc5[nH]4)n[nH]c3=CC2)c1. The molecule has 9 nitrogen and oxygen atoms in total. The summed E-state index contributed by atoms with van der Waals surface area (Å²) in [6.07, 6.45) is 15.5. The van der Waals surface area contributed by atoms with Gasteiger partial charge in [-0.15, -0.1) is 0 Å². The summed E-state index contributed by atoms with van der Waals surface area (Å²) in [5, 5.41) is 12.6. The summed E-state index contributed by atoms with van der Waals surface area (Å²) >= 11 is 0. The van der Waals surface area contributed by atoms with E-state index in [9.17, 15) is 4.79 Å². The van der Waals surface area contributed by atoms with Crippen LogP contribution >= 0.6 is 0 Å². The quantitative estimate of drug-likeness (QED) is 0.361. The monoisotopic (exact) mass is 479 g/mol. The minimum Gasteiger partial charge on any atom is -0.472 e. The highest BCUT2D eigenvalue weighted by atomic mass is 16.3. The Hall–Kier alpha value is -4.53. The molecule has 0 saturated heterocycles. The maximum atomic E-state index is 12.4. The number of aromatic nitrogens is 6. The van der Waals surface area contributed by atoms with Gasteiger partial charge in [-0.3, -0.25) is 19.9 Å². The Morgan fingerprint density at radius 3 is 2.83 bits per heavy atom. The van der Waals surface area contributed by atoms with Crippen LogP contribution in [0.15, 0.2) is 53.9 Å². The Morgan fingerprint density at radius 1 is 1.17 bits per heavy atom. The van der Waals surface area contributed by atoms with Gasteiger partial charge in [0.2, 0.25) is 5.91 Å². The van der Waals surface area contributed by atoms with Crippen LogP contribution in [0.4, 0.5) is 5.69 Å². The molecule has 0 radical (unpaired) electrons. The number of fused-ring (bicyclic) bond motifs is 2. The van der Waals surface area contributed by atoms with Crippen molar-refractivity contribution in [3.05, 3.63) is 65.6 Å². The number of nitrogens with one attached hydrogen (secondary N) is 3. The number of anilines is 1. The number of hydrogen-bond donors (Lipinski definition) is 3. The lowest BCUT2D eigenvalue weighted by Crippen LogP contribution is -2.28. The zero-order valence-electron chi connectivity index (χ0n) is 20.2. The third-order valence-electron chi connectivity index (χ3n) is 6.35. The minimum atomic E-state index is -0.485. The van der Waals surface area contributed by atoms with E-state index in [4.69, 9.17) is 9.40 Å². The van der Waals surface area contributed by atoms with E-state index >= 15 is 0 Å². The number of rotatable bonds is 4. The molecule has 1 amide bonds. The molecule has 180 valence electrons. The smallest absolute Gasteiger partial charge is 0.229 e. The van der Waals surface area contributed by atoms with Gasteiger partial charge in [-0.2, -0.15) is 5.10 Å². The largest absolute Gasteiger partial charge is 0.472 e. The highest BCUT2D eigenvalue weighted by molar-refractivity contribution is 5.94. The lowest BCUT2D eigenvalue weighted by molar-refractivity contribution is -0.123. The van der Waals surface area contributed by atoms with Crippen molar-refractivity contribution >= 4 is 34.8 Å². The number of carbonyl (C=O) groups excluding carboxylic acids is 1. The van der Waals surface area contributed by atoms with Crippen molar-refractivity contribution in [2.45, 2.75) is 33.1 Å². The molecule has 9 heteroatoms. The standard InChI is InChI=1S/C27H25N7O2/c1-27(2,3)26(35)30-18-8-17(10-28-11-18)15-4-5-21-19(9-15)24(34-33-21)25-31-22-13-29-12-20(23(22)32-25)16-6-7-36-14-16/h5-15,33H,4H2,1-3H3,(H,30,35)(H,31,32). The summed E-state index contributed by atoms with van der Waals surface area (Å²) in [5.74, 6) is 0.699. The van der Waals surface area contributed by atoms with Crippen LogP contribution in [0, 0.1) is 5.41 Å². The average molecular weight is 480 g/mol. The second kappa shape index (κ2) is 8.30. The third kappa shape index (κ3) is 3.88. The van der Waals surface area contributed by atoms with Crippen LogP contribution in [0.2, 0.25) is 0 Å². The van der Waals surface area contributed by atoms with Crippen molar-refractivity contribution in [3.63, 3.8) is 0 Å². The van der Waals surface area contributed by atoms with Crippen LogP contribution in [0.1, 0.15) is 38.7 Å². The van der Waals surface area contributed by atoms with Crippen LogP contribution in [-0.2, 0) is 4.79 Å². The first kappa shape index (κ1) is 22.0. The Morgan fingerprint density at radius 2 is 2.03 bits per heavy atom. The van der Waals surface area contributed by atoms with Gasteiger partial charge in [0.1, 0.15) is 11.2 Å². The van der Waals surface area contributed by atoms with Crippen LogP contribution in [0.25, 0.3) is 45.8 Å². The number of imidazole rings is 1. The number of nitrogens with zero attached hydrogens (tertiary/aromatic N) is 4. The minimum absolute atomic E-state index is 0.0470. The Kier molecular flexibility index (Phi) is 5.06. The summed E-state index contributed by atoms with van der Waals surface area (Å²) < 4.78 is 5.25. The van der Waals surface area contributed by atoms with Gasteiger partial charge in [-0.05, 0) is 24.1 Å². The van der Waals surface area contributed by atoms with E-state index in [1.54, 1.807) is 31.1 Å². The third-order valence-corrected chi connectivity index (χ3v) is 6.35. The maximum absolute atomic E-state index is 12.4. The summed E-state index contributed by atoms with van der Waals surface area (Å²) in [4.78, 5) is 29.4. The zero-order chi connectivity index (χ0) is 24.9. The topological polar surface area (TPSA) is 125 Å². The van der Waals surface area contributed by atoms with Gasteiger partial charge < -0.3 is 14.7 Å². The van der Waals surface area contributed by atoms with Crippen LogP contribution in [0.5, 0.6) is 0 Å². The Labute approximate surface area is 206 Å². The molecular formula is C27H25N7O2. The highest BCUT2D eigenvalue weighted by Crippen LogP contribution is 2.29. The normalized spacial score (nSPS) is 15.2. The fourth-order valence-corrected chi connectivity index (χ4v) is 4.34. The molecule has 6 rings (SSSR count). The molecule has 0 spiro atoms. The molecule has 1 atom stereocenters. The van der Waals surface area contributed by atoms with Gasteiger partial charge in [0.25, 0.3) is 0 Å². The van der Waals surface area contributed by atoms with E-state index in [1.807, 2.05) is 39.1 Å². The van der Waals surface area contributed by atoms with E-state index < -0.39 is 5.41 Å². The Bertz CT molecular complexity index is 1700. The van der Waals surface area contributed by atoms with Crippen molar-refractivity contribution in [1.29, 1.82) is 0 Å². The van der Waals surface area contributed by atoms with Gasteiger partial charge >= 0.3 is 0 Å². The van der Waals surface area contributed by atoms with Crippen molar-refractivity contribution in [2.24, 2.45) is 5.41 Å². The summed E-state index contributed by atoms with van der Waals surface area (Å²) in [6, 6.07) is 3.88. The first-order valence-electron chi connectivity index (χ1n) is 11.8. The van der Waals surface area contributed by atoms with Gasteiger partial charge in [0.15, 0.2) is 5.82 Å². The highest BCUT2D eigenvalue weighted by Gasteiger charge is 2.22. The molecule has 5 aromatic heterocycles. The van der Waals surface area contributed by atoms with E-state index in [0.29, 0.717) is 11.5 Å². The number of aromatic amines is 2. The first-order chi connectivity index (χ1) is 17.4. The average Bonchev–Trinajstić information content (AvgIpc) is 3.62. The second-order valence-corrected chi connectivity index (χ2v) is 10.0. The molecule has 5 aromatic rings. The van der Waals surface area contributed by atoms with E-state index in [1.165, 1.54) is 0 Å². The molecule has 1 aliphatic rings. The van der Waals surface area contributed by atoms with E-state index in [-0.39, 0.29) is 11.8 Å². The molecule has 0 bridgehead atoms. The summed E-state index contributed by atoms with van der Waals surface area (Å²) in [6.45, 7) is 5.66. The fraction of sp³-hybridized carbons (Fsp3) is 0.222. The number of carbonyl (C=O) groups is 1. The van der Waals surface area contributed by atoms with Gasteiger partial charge in [-0.25, -0.2) is 4.98 Å². The van der Waals surface area contributed by atoms with Gasteiger partial charge in [0, 0.05) is 40.1 Å². The predicted octanol–water partition coefficient (Wildman–Crippen LogP) is 3.74. The Balaban J connectivity index is 1.37. The molecule has 5 heterocycles. The molecule has 0 aromatic carbocycles. The number of furan rings is 1. The number of hydrogen-bond acceptors (Lipinski definition) is 6. The van der Waals surface area contributed by atoms with E-state index in [0.717, 1.165) is 50.4 Å². The lowest BCUT2D eigenvalue weighted by Gasteiger charge is -2.19. The molecule has 1 aliphatic carbocycles. The van der Waals surface area contributed by atoms with Crippen LogP contribution in [-0.4, -0.2) is 36.0 Å². The van der Waals surface area contributed by atoms with Crippen molar-refractivity contribution < 1.29 is 9.21 Å². The zero-order valence-corrected chi connectivity index (χ0v) is 20.2. The first-order valence-corrected chi connectivity index (χ1v) is 11.8. The molecule has 0 saturated carbocycles. The van der Waals surface area contributed by atoms with Crippen LogP contribution < -0.4 is 15.9 Å². The molecule has 0 aliphatic heterocycles. The maximum Gasteiger partial charge on any atom is 0.229 e. The summed E-state index contributed by atoms with van der Waals surface area (Å²) in [5.41, 5.74) is 5.40. The molecule has 36 heavy (non-hydrogen) atoms. The summed E-state index contributed by atoms with van der Waals surface area (Å²) in [7, 11) is 0. The molecule has 0 fully saturated rings. The number of amides is 1. The second-order valence-electron chi connectivity index (χ2n) is 10.0. The van der Waals surface area contributed by atoms with Crippen molar-refractivity contribution in [2.75, 3.05) is 5.32 Å². The molecular weight excluding hydrogens is 454 g/mol. The fourth-order valence-electron chi connectivity index (χ4n) is 4.34. The molecule has 1 unspecified atom stereocenters. The van der Waals surface area contributed by atoms with Crippen molar-refractivity contribution in [3.8, 4) is 22.6 Å². The molecule has 3 N–H and O–H groups in total. The van der Waals surface area contributed by atoms with Gasteiger partial charge in [0.05, 0.1) is 41.5 Å². The predicted molar refractivity (Wildman–Crippen MR) is 137 cm³/mol. The van der Waals surface area contributed by atoms with Crippen LogP contribution in [0.3, 0.4) is 0 Å². The van der Waals surface area contributed by atoms with Gasteiger partial charge in [-0.1, -0.05) is 32.9 Å². The lowest BCUT2D eigenvalue weighted by atomic mass is 9.92.